The van der Waals surface area contributed by atoms with Gasteiger partial charge >= 0.3 is 23.9 Å². The smallest absolute Gasteiger partial charge is 0.317 e. The minimum absolute atomic E-state index is 0. The second kappa shape index (κ2) is 17.5. The van der Waals surface area contributed by atoms with E-state index >= 15 is 4.79 Å². The SMILES string of the molecule is C.C.C.C.C.C.C.C.CC1C(=O)OC(=O)C1C1C2CCC(C2)C1C(CC1C(C)C2CC1C1COC(=O)C21)C(=O)OC(C)(C(C)C)C12CC3CC(CC(C3)C1)C2. The Hall–Kier alpha value is -1.92. The zero-order valence-electron chi connectivity index (χ0n) is 29.2. The second-order valence-electron chi connectivity index (χ2n) is 19.2. The van der Waals surface area contributed by atoms with Crippen molar-refractivity contribution in [3.8, 4) is 0 Å². The van der Waals surface area contributed by atoms with Crippen LogP contribution in [0.4, 0.5) is 0 Å². The van der Waals surface area contributed by atoms with Gasteiger partial charge in [0.2, 0.25) is 0 Å². The molecule has 0 N–H and O–H groups in total. The van der Waals surface area contributed by atoms with Gasteiger partial charge in [-0.1, -0.05) is 87.1 Å². The number of rotatable bonds is 8. The Labute approximate surface area is 339 Å². The Bertz CT molecular complexity index is 1330. The molecule has 10 fully saturated rings. The van der Waals surface area contributed by atoms with Crippen LogP contribution in [-0.2, 0) is 33.4 Å². The van der Waals surface area contributed by atoms with Crippen molar-refractivity contribution in [1.82, 2.24) is 0 Å². The molecule has 0 amide bonds. The number of hydrogen-bond donors (Lipinski definition) is 0. The van der Waals surface area contributed by atoms with Gasteiger partial charge in [-0.3, -0.25) is 19.2 Å². The lowest BCUT2D eigenvalue weighted by molar-refractivity contribution is -0.223. The molecule has 8 bridgehead atoms. The summed E-state index contributed by atoms with van der Waals surface area (Å²) in [7, 11) is 0. The van der Waals surface area contributed by atoms with Gasteiger partial charge in [0, 0.05) is 11.3 Å². The Morgan fingerprint density at radius 3 is 1.84 bits per heavy atom. The summed E-state index contributed by atoms with van der Waals surface area (Å²) in [4.78, 5) is 54.1. The molecule has 322 valence electrons. The quantitative estimate of drug-likeness (QED) is 0.138. The molecule has 10 aliphatic rings. The monoisotopic (exact) mass is 777 g/mol. The van der Waals surface area contributed by atoms with Gasteiger partial charge in [0.05, 0.1) is 30.3 Å². The second-order valence-corrected chi connectivity index (χ2v) is 19.2. The van der Waals surface area contributed by atoms with E-state index in [-0.39, 0.29) is 118 Å². The molecule has 14 unspecified atom stereocenters. The number of carbonyl (C=O) groups is 4. The van der Waals surface area contributed by atoms with Crippen molar-refractivity contribution in [2.45, 2.75) is 170 Å². The first-order valence-corrected chi connectivity index (χ1v) is 19.5. The third-order valence-electron chi connectivity index (χ3n) is 17.3. The maximum Gasteiger partial charge on any atom is 0.317 e. The highest BCUT2D eigenvalue weighted by molar-refractivity contribution is 5.96. The van der Waals surface area contributed by atoms with E-state index in [1.165, 1.54) is 38.5 Å². The predicted octanol–water partition coefficient (Wildman–Crippen LogP) is 11.9. The first kappa shape index (κ1) is 51.1. The van der Waals surface area contributed by atoms with E-state index in [9.17, 15) is 14.4 Å². The van der Waals surface area contributed by atoms with Crippen LogP contribution in [0.25, 0.3) is 0 Å². The van der Waals surface area contributed by atoms with Crippen LogP contribution in [0.1, 0.15) is 165 Å². The van der Waals surface area contributed by atoms with E-state index in [1.54, 1.807) is 0 Å². The number of ether oxygens (including phenoxy) is 3. The number of carbonyl (C=O) groups excluding carboxylic acids is 4. The van der Waals surface area contributed by atoms with Gasteiger partial charge in [0.15, 0.2) is 0 Å². The van der Waals surface area contributed by atoms with Gasteiger partial charge < -0.3 is 14.2 Å². The largest absolute Gasteiger partial charge is 0.465 e. The average molecular weight is 777 g/mol. The Balaban J connectivity index is 0.00000189. The standard InChI is InChI=1S/C40H56O7.8CH4/c1-18(2)39(5,40-14-21-8-22(15-40)10-23(9-21)16-40)47-36(42)29(12-26-19(3)27-13-28(26)30-17-45-37(43)34(27)30)32-24-6-7-25(11-24)33(32)31-20(4)35(41)46-38(31)44;;;;;;;;/h18-34H,6-17H2,1-5H3;8*1H4. The molecule has 0 aromatic rings. The van der Waals surface area contributed by atoms with E-state index in [1.807, 2.05) is 6.92 Å². The fourth-order valence-electron chi connectivity index (χ4n) is 15.4. The van der Waals surface area contributed by atoms with Crippen LogP contribution in [-0.4, -0.2) is 36.1 Å². The van der Waals surface area contributed by atoms with E-state index in [2.05, 4.69) is 27.7 Å². The van der Waals surface area contributed by atoms with Gasteiger partial charge in [-0.05, 0) is 149 Å². The van der Waals surface area contributed by atoms with Gasteiger partial charge in [-0.2, -0.15) is 0 Å². The number of cyclic esters (lactones) is 3. The lowest BCUT2D eigenvalue weighted by atomic mass is 9.44. The first-order valence-electron chi connectivity index (χ1n) is 19.5. The maximum absolute atomic E-state index is 15.3. The summed E-state index contributed by atoms with van der Waals surface area (Å²) in [5.41, 5.74) is -0.507. The normalized spacial score (nSPS) is 44.6. The number of esters is 4. The Morgan fingerprint density at radius 1 is 0.745 bits per heavy atom. The van der Waals surface area contributed by atoms with E-state index < -0.39 is 23.4 Å². The molecule has 7 heteroatoms. The Kier molecular flexibility index (Phi) is 16.3. The van der Waals surface area contributed by atoms with Crippen LogP contribution in [0.15, 0.2) is 0 Å². The zero-order chi connectivity index (χ0) is 32.7. The summed E-state index contributed by atoms with van der Waals surface area (Å²) in [5.74, 6) is 2.73. The average Bonchev–Trinajstić information content (AvgIpc) is 3.85. The molecule has 0 aromatic heterocycles. The van der Waals surface area contributed by atoms with Crippen LogP contribution >= 0.6 is 0 Å². The lowest BCUT2D eigenvalue weighted by Gasteiger charge is -2.63. The molecule has 2 heterocycles. The highest BCUT2D eigenvalue weighted by Gasteiger charge is 2.66. The molecule has 0 spiro atoms. The van der Waals surface area contributed by atoms with Crippen molar-refractivity contribution in [2.24, 2.45) is 106 Å². The van der Waals surface area contributed by atoms with Gasteiger partial charge in [-0.15, -0.1) is 0 Å². The first-order chi connectivity index (χ1) is 22.4. The molecule has 8 saturated carbocycles. The van der Waals surface area contributed by atoms with Crippen molar-refractivity contribution < 1.29 is 33.4 Å². The summed E-state index contributed by atoms with van der Waals surface area (Å²) in [6.45, 7) is 11.5. The van der Waals surface area contributed by atoms with E-state index in [0.717, 1.165) is 49.9 Å². The molecule has 7 nitrogen and oxygen atoms in total. The number of hydrogen-bond acceptors (Lipinski definition) is 7. The topological polar surface area (TPSA) is 96.0 Å². The minimum Gasteiger partial charge on any atom is -0.465 e. The zero-order valence-corrected chi connectivity index (χ0v) is 29.2. The van der Waals surface area contributed by atoms with Crippen LogP contribution in [0.3, 0.4) is 0 Å². The number of fused-ring (bicyclic) bond motifs is 7. The van der Waals surface area contributed by atoms with Crippen LogP contribution < -0.4 is 0 Å². The molecular weight excluding hydrogens is 689 g/mol. The molecule has 55 heavy (non-hydrogen) atoms. The summed E-state index contributed by atoms with van der Waals surface area (Å²) in [6, 6.07) is 0. The third-order valence-corrected chi connectivity index (χ3v) is 17.3. The van der Waals surface area contributed by atoms with Crippen LogP contribution in [0, 0.1) is 106 Å². The third kappa shape index (κ3) is 7.16. The van der Waals surface area contributed by atoms with Gasteiger partial charge in [0.25, 0.3) is 0 Å². The van der Waals surface area contributed by atoms with Crippen molar-refractivity contribution >= 4 is 23.9 Å². The minimum atomic E-state index is -0.544. The van der Waals surface area contributed by atoms with E-state index in [4.69, 9.17) is 14.2 Å². The van der Waals surface area contributed by atoms with Crippen LogP contribution in [0.2, 0.25) is 0 Å². The predicted molar refractivity (Wildman–Crippen MR) is 226 cm³/mol. The molecule has 2 aliphatic heterocycles. The fourth-order valence-corrected chi connectivity index (χ4v) is 15.4. The summed E-state index contributed by atoms with van der Waals surface area (Å²) < 4.78 is 18.0. The van der Waals surface area contributed by atoms with Gasteiger partial charge in [-0.25, -0.2) is 0 Å². The fraction of sp³-hybridized carbons (Fsp3) is 0.917. The molecule has 0 radical (unpaired) electrons. The molecular formula is C48H88O7. The van der Waals surface area contributed by atoms with Crippen molar-refractivity contribution in [3.05, 3.63) is 0 Å². The molecule has 0 aromatic carbocycles. The van der Waals surface area contributed by atoms with Crippen LogP contribution in [0.5, 0.6) is 0 Å². The highest BCUT2D eigenvalue weighted by atomic mass is 16.6. The van der Waals surface area contributed by atoms with Gasteiger partial charge in [0.1, 0.15) is 5.60 Å². The lowest BCUT2D eigenvalue weighted by Crippen LogP contribution is -2.61. The highest BCUT2D eigenvalue weighted by Crippen LogP contribution is 2.68. The Morgan fingerprint density at radius 2 is 1.31 bits per heavy atom. The maximum atomic E-state index is 15.3. The summed E-state index contributed by atoms with van der Waals surface area (Å²) >= 11 is 0. The summed E-state index contributed by atoms with van der Waals surface area (Å²) in [5, 5.41) is 0. The van der Waals surface area contributed by atoms with Crippen molar-refractivity contribution in [1.29, 1.82) is 0 Å². The molecule has 2 saturated heterocycles. The molecule has 8 aliphatic carbocycles. The van der Waals surface area contributed by atoms with E-state index in [0.29, 0.717) is 42.1 Å². The summed E-state index contributed by atoms with van der Waals surface area (Å²) in [6.07, 6.45) is 12.5. The van der Waals surface area contributed by atoms with Crippen molar-refractivity contribution in [3.63, 3.8) is 0 Å². The van der Waals surface area contributed by atoms with Crippen molar-refractivity contribution in [2.75, 3.05) is 6.61 Å². The molecule has 14 atom stereocenters. The molecule has 10 rings (SSSR count).